The number of ether oxygens (including phenoxy) is 1. The number of anilines is 1. The lowest BCUT2D eigenvalue weighted by Gasteiger charge is -2.27. The molecule has 3 rings (SSSR count). The second kappa shape index (κ2) is 6.54. The van der Waals surface area contributed by atoms with Crippen LogP contribution in [0.3, 0.4) is 0 Å². The summed E-state index contributed by atoms with van der Waals surface area (Å²) in [5.74, 6) is -0.138. The Labute approximate surface area is 160 Å². The molecular weight excluding hydrogens is 396 g/mol. The SMILES string of the molecule is Cc1cc2c(c(=O)n1C)[C@H](c1ccc(N(C)C)c(Br)c1)C(C#N)=C(N)O2. The third-order valence-corrected chi connectivity index (χ3v) is 5.27. The Balaban J connectivity index is 2.30. The number of aryl methyl sites for hydroxylation is 1. The maximum Gasteiger partial charge on any atom is 0.258 e. The number of nitrogens with two attached hydrogens (primary N) is 1. The van der Waals surface area contributed by atoms with E-state index in [-0.39, 0.29) is 17.0 Å². The van der Waals surface area contributed by atoms with Crippen molar-refractivity contribution < 1.29 is 4.74 Å². The summed E-state index contributed by atoms with van der Waals surface area (Å²) in [5.41, 5.74) is 9.01. The number of fused-ring (bicyclic) bond motifs is 1. The molecule has 0 aliphatic carbocycles. The number of halogens is 1. The van der Waals surface area contributed by atoms with Crippen LogP contribution in [0.1, 0.15) is 22.7 Å². The number of hydrogen-bond acceptors (Lipinski definition) is 5. The van der Waals surface area contributed by atoms with Gasteiger partial charge in [-0.25, -0.2) is 0 Å². The zero-order chi connectivity index (χ0) is 19.2. The van der Waals surface area contributed by atoms with Gasteiger partial charge < -0.3 is 19.9 Å². The maximum atomic E-state index is 12.9. The van der Waals surface area contributed by atoms with E-state index in [0.717, 1.165) is 21.4 Å². The second-order valence-electron chi connectivity index (χ2n) is 6.46. The number of allylic oxidation sites excluding steroid dienone is 1. The van der Waals surface area contributed by atoms with Crippen LogP contribution in [-0.4, -0.2) is 18.7 Å². The van der Waals surface area contributed by atoms with Gasteiger partial charge >= 0.3 is 0 Å². The summed E-state index contributed by atoms with van der Waals surface area (Å²) < 4.78 is 8.02. The van der Waals surface area contributed by atoms with E-state index in [1.165, 1.54) is 0 Å². The molecule has 0 spiro atoms. The van der Waals surface area contributed by atoms with E-state index in [1.54, 1.807) is 17.7 Å². The monoisotopic (exact) mass is 414 g/mol. The van der Waals surface area contributed by atoms with Crippen LogP contribution < -0.4 is 20.9 Å². The fourth-order valence-electron chi connectivity index (χ4n) is 3.14. The molecule has 134 valence electrons. The molecular formula is C19H19BrN4O2. The molecule has 7 heteroatoms. The molecule has 0 fully saturated rings. The normalized spacial score (nSPS) is 15.9. The van der Waals surface area contributed by atoms with Crippen LogP contribution in [0.2, 0.25) is 0 Å². The van der Waals surface area contributed by atoms with E-state index in [1.807, 2.05) is 44.1 Å². The van der Waals surface area contributed by atoms with Gasteiger partial charge in [-0.3, -0.25) is 4.79 Å². The van der Waals surface area contributed by atoms with E-state index in [2.05, 4.69) is 22.0 Å². The molecule has 26 heavy (non-hydrogen) atoms. The first-order valence-corrected chi connectivity index (χ1v) is 8.80. The zero-order valence-electron chi connectivity index (χ0n) is 15.0. The Bertz CT molecular complexity index is 1030. The molecule has 1 aliphatic rings. The Kier molecular flexibility index (Phi) is 4.55. The van der Waals surface area contributed by atoms with Crippen LogP contribution >= 0.6 is 15.9 Å². The molecule has 2 aromatic rings. The fourth-order valence-corrected chi connectivity index (χ4v) is 3.89. The molecule has 1 aromatic heterocycles. The number of rotatable bonds is 2. The van der Waals surface area contributed by atoms with E-state index in [0.29, 0.717) is 11.3 Å². The van der Waals surface area contributed by atoms with Gasteiger partial charge in [0.15, 0.2) is 0 Å². The van der Waals surface area contributed by atoms with Crippen molar-refractivity contribution in [2.75, 3.05) is 19.0 Å². The minimum Gasteiger partial charge on any atom is -0.440 e. The highest BCUT2D eigenvalue weighted by atomic mass is 79.9. The third kappa shape index (κ3) is 2.76. The largest absolute Gasteiger partial charge is 0.440 e. The lowest BCUT2D eigenvalue weighted by molar-refractivity contribution is 0.389. The van der Waals surface area contributed by atoms with Crippen LogP contribution in [0.5, 0.6) is 5.75 Å². The van der Waals surface area contributed by atoms with Crippen LogP contribution in [0.4, 0.5) is 5.69 Å². The molecule has 0 unspecified atom stereocenters. The van der Waals surface area contributed by atoms with E-state index < -0.39 is 5.92 Å². The van der Waals surface area contributed by atoms with Crippen LogP contribution in [-0.2, 0) is 7.05 Å². The van der Waals surface area contributed by atoms with E-state index in [9.17, 15) is 10.1 Å². The minimum absolute atomic E-state index is 0.0328. The average Bonchev–Trinajstić information content (AvgIpc) is 2.58. The minimum atomic E-state index is -0.574. The van der Waals surface area contributed by atoms with Crippen molar-refractivity contribution in [1.82, 2.24) is 4.57 Å². The lowest BCUT2D eigenvalue weighted by Crippen LogP contribution is -2.31. The van der Waals surface area contributed by atoms with Gasteiger partial charge in [0.2, 0.25) is 5.88 Å². The highest BCUT2D eigenvalue weighted by molar-refractivity contribution is 9.10. The lowest BCUT2D eigenvalue weighted by atomic mass is 9.84. The van der Waals surface area contributed by atoms with Crippen LogP contribution in [0, 0.1) is 18.3 Å². The summed E-state index contributed by atoms with van der Waals surface area (Å²) in [5, 5.41) is 9.65. The molecule has 1 aliphatic heterocycles. The number of nitrogens with zero attached hydrogens (tertiary/aromatic N) is 3. The smallest absolute Gasteiger partial charge is 0.258 e. The maximum absolute atomic E-state index is 12.9. The van der Waals surface area contributed by atoms with Crippen molar-refractivity contribution in [3.05, 3.63) is 67.4 Å². The standard InChI is InChI=1S/C19H19BrN4O2/c1-10-7-15-17(19(25)24(10)4)16(12(9-21)18(22)26-15)11-5-6-14(23(2)3)13(20)8-11/h5-8,16H,22H2,1-4H3/t16-/m1/s1. The first-order chi connectivity index (χ1) is 12.3. The average molecular weight is 415 g/mol. The first-order valence-electron chi connectivity index (χ1n) is 8.01. The third-order valence-electron chi connectivity index (χ3n) is 4.64. The van der Waals surface area contributed by atoms with Crippen molar-refractivity contribution >= 4 is 21.6 Å². The van der Waals surface area contributed by atoms with Crippen molar-refractivity contribution in [3.63, 3.8) is 0 Å². The van der Waals surface area contributed by atoms with Gasteiger partial charge in [0, 0.05) is 37.4 Å². The predicted molar refractivity (Wildman–Crippen MR) is 104 cm³/mol. The van der Waals surface area contributed by atoms with Crippen molar-refractivity contribution in [2.45, 2.75) is 12.8 Å². The Morgan fingerprint density at radius 1 is 1.35 bits per heavy atom. The predicted octanol–water partition coefficient (Wildman–Crippen LogP) is 2.74. The summed E-state index contributed by atoms with van der Waals surface area (Å²) >= 11 is 3.57. The molecule has 0 saturated carbocycles. The van der Waals surface area contributed by atoms with Crippen molar-refractivity contribution in [1.29, 1.82) is 5.26 Å². The van der Waals surface area contributed by atoms with Gasteiger partial charge in [-0.15, -0.1) is 0 Å². The van der Waals surface area contributed by atoms with Crippen LogP contribution in [0.15, 0.2) is 45.0 Å². The topological polar surface area (TPSA) is 84.3 Å². The number of nitriles is 1. The first kappa shape index (κ1) is 18.1. The molecule has 6 nitrogen and oxygen atoms in total. The highest BCUT2D eigenvalue weighted by Gasteiger charge is 2.34. The molecule has 0 saturated heterocycles. The summed E-state index contributed by atoms with van der Waals surface area (Å²) in [6.07, 6.45) is 0. The molecule has 1 aromatic carbocycles. The molecule has 2 heterocycles. The molecule has 0 radical (unpaired) electrons. The van der Waals surface area contributed by atoms with Crippen molar-refractivity contribution in [3.8, 4) is 11.8 Å². The Morgan fingerprint density at radius 3 is 2.62 bits per heavy atom. The summed E-state index contributed by atoms with van der Waals surface area (Å²) in [7, 11) is 5.59. The van der Waals surface area contributed by atoms with Gasteiger partial charge in [0.25, 0.3) is 5.56 Å². The van der Waals surface area contributed by atoms with Crippen LogP contribution in [0.25, 0.3) is 0 Å². The molecule has 1 atom stereocenters. The Hall–Kier alpha value is -2.72. The number of pyridine rings is 1. The summed E-state index contributed by atoms with van der Waals surface area (Å²) in [6, 6.07) is 9.65. The van der Waals surface area contributed by atoms with Gasteiger partial charge in [-0.1, -0.05) is 6.07 Å². The summed E-state index contributed by atoms with van der Waals surface area (Å²) in [6.45, 7) is 1.82. The van der Waals surface area contributed by atoms with Gasteiger partial charge in [-0.05, 0) is 40.5 Å². The molecule has 0 amide bonds. The van der Waals surface area contributed by atoms with E-state index >= 15 is 0 Å². The number of benzene rings is 1. The number of hydrogen-bond donors (Lipinski definition) is 1. The van der Waals surface area contributed by atoms with Gasteiger partial charge in [-0.2, -0.15) is 5.26 Å². The fraction of sp³-hybridized carbons (Fsp3) is 0.263. The molecule has 2 N–H and O–H groups in total. The molecule has 0 bridgehead atoms. The van der Waals surface area contributed by atoms with E-state index in [4.69, 9.17) is 10.5 Å². The highest BCUT2D eigenvalue weighted by Crippen LogP contribution is 2.42. The second-order valence-corrected chi connectivity index (χ2v) is 7.31. The number of aromatic nitrogens is 1. The Morgan fingerprint density at radius 2 is 2.04 bits per heavy atom. The van der Waals surface area contributed by atoms with Gasteiger partial charge in [0.05, 0.1) is 17.2 Å². The quantitative estimate of drug-likeness (QED) is 0.816. The zero-order valence-corrected chi connectivity index (χ0v) is 16.6. The van der Waals surface area contributed by atoms with Gasteiger partial charge in [0.1, 0.15) is 17.4 Å². The van der Waals surface area contributed by atoms with Crippen molar-refractivity contribution in [2.24, 2.45) is 12.8 Å². The summed E-state index contributed by atoms with van der Waals surface area (Å²) in [4.78, 5) is 14.9.